The monoisotopic (exact) mass is 260 g/mol. The molecule has 0 atom stereocenters. The van der Waals surface area contributed by atoms with E-state index in [0.717, 1.165) is 13.1 Å². The van der Waals surface area contributed by atoms with E-state index in [1.54, 1.807) is 24.2 Å². The Kier molecular flexibility index (Phi) is 3.11. The van der Waals surface area contributed by atoms with Crippen LogP contribution in [0.15, 0.2) is 36.0 Å². The van der Waals surface area contributed by atoms with Crippen molar-refractivity contribution in [3.8, 4) is 0 Å². The lowest BCUT2D eigenvalue weighted by molar-refractivity contribution is -0.137. The third kappa shape index (κ3) is 2.28. The lowest BCUT2D eigenvalue weighted by Crippen LogP contribution is -2.49. The Morgan fingerprint density at radius 2 is 1.95 bits per heavy atom. The minimum Gasteiger partial charge on any atom is -0.491 e. The highest BCUT2D eigenvalue weighted by molar-refractivity contribution is 5.92. The molecular weight excluding hydrogens is 244 g/mol. The summed E-state index contributed by atoms with van der Waals surface area (Å²) in [6.45, 7) is 4.18. The molecule has 0 radical (unpaired) electrons. The molecule has 3 heterocycles. The number of amides is 1. The predicted molar refractivity (Wildman–Crippen MR) is 68.2 cm³/mol. The van der Waals surface area contributed by atoms with E-state index in [1.807, 2.05) is 12.1 Å². The lowest BCUT2D eigenvalue weighted by Gasteiger charge is -2.40. The van der Waals surface area contributed by atoms with Crippen LogP contribution in [0.4, 0.5) is 0 Å². The normalized spacial score (nSPS) is 19.5. The minimum atomic E-state index is -0.0671. The third-order valence-corrected chi connectivity index (χ3v) is 3.51. The summed E-state index contributed by atoms with van der Waals surface area (Å²) in [5.74, 6) is 1.28. The fourth-order valence-corrected chi connectivity index (χ4v) is 2.35. The molecule has 1 saturated heterocycles. The van der Waals surface area contributed by atoms with E-state index in [0.29, 0.717) is 30.6 Å². The molecule has 2 aliphatic rings. The molecule has 1 fully saturated rings. The van der Waals surface area contributed by atoms with Gasteiger partial charge in [0.25, 0.3) is 5.91 Å². The number of hydrogen-bond acceptors (Lipinski definition) is 4. The SMILES string of the molecule is CC1=C(C(=O)N2CC(c3ccncc3)C2)OCCO1. The van der Waals surface area contributed by atoms with Crippen molar-refractivity contribution in [2.75, 3.05) is 26.3 Å². The maximum atomic E-state index is 12.2. The van der Waals surface area contributed by atoms with Gasteiger partial charge in [-0.15, -0.1) is 0 Å². The lowest BCUT2D eigenvalue weighted by atomic mass is 9.92. The number of carbonyl (C=O) groups excluding carboxylic acids is 1. The molecule has 2 aliphatic heterocycles. The van der Waals surface area contributed by atoms with Crippen LogP contribution in [-0.4, -0.2) is 42.1 Å². The van der Waals surface area contributed by atoms with Crippen LogP contribution in [-0.2, 0) is 14.3 Å². The first-order valence-corrected chi connectivity index (χ1v) is 6.41. The third-order valence-electron chi connectivity index (χ3n) is 3.51. The Balaban J connectivity index is 1.63. The number of nitrogens with zero attached hydrogens (tertiary/aromatic N) is 2. The van der Waals surface area contributed by atoms with Gasteiger partial charge < -0.3 is 14.4 Å². The van der Waals surface area contributed by atoms with E-state index >= 15 is 0 Å². The molecule has 1 aromatic heterocycles. The molecule has 5 nitrogen and oxygen atoms in total. The largest absolute Gasteiger partial charge is 0.491 e. The molecule has 0 aromatic carbocycles. The van der Waals surface area contributed by atoms with Gasteiger partial charge in [-0.1, -0.05) is 0 Å². The molecule has 0 aliphatic carbocycles. The molecule has 1 aromatic rings. The Hall–Kier alpha value is -2.04. The average molecular weight is 260 g/mol. The molecular formula is C14H16N2O3. The fraction of sp³-hybridized carbons (Fsp3) is 0.429. The number of aromatic nitrogens is 1. The summed E-state index contributed by atoms with van der Waals surface area (Å²) in [7, 11) is 0. The molecule has 0 spiro atoms. The van der Waals surface area contributed by atoms with Gasteiger partial charge in [0.15, 0.2) is 0 Å². The number of hydrogen-bond donors (Lipinski definition) is 0. The number of ether oxygens (including phenoxy) is 2. The quantitative estimate of drug-likeness (QED) is 0.804. The van der Waals surface area contributed by atoms with Crippen molar-refractivity contribution in [2.24, 2.45) is 0 Å². The zero-order chi connectivity index (χ0) is 13.2. The van der Waals surface area contributed by atoms with E-state index in [4.69, 9.17) is 9.47 Å². The standard InChI is InChI=1S/C14H16N2O3/c1-10-13(19-7-6-18-10)14(17)16-8-12(9-16)11-2-4-15-5-3-11/h2-5,12H,6-9H2,1H3. The second-order valence-electron chi connectivity index (χ2n) is 4.77. The fourth-order valence-electron chi connectivity index (χ4n) is 2.35. The molecule has 0 unspecified atom stereocenters. The number of allylic oxidation sites excluding steroid dienone is 1. The van der Waals surface area contributed by atoms with Gasteiger partial charge in [-0.05, 0) is 24.6 Å². The van der Waals surface area contributed by atoms with Crippen LogP contribution in [0.3, 0.4) is 0 Å². The highest BCUT2D eigenvalue weighted by Gasteiger charge is 2.35. The first-order chi connectivity index (χ1) is 9.25. The number of likely N-dealkylation sites (tertiary alicyclic amines) is 1. The molecule has 0 saturated carbocycles. The summed E-state index contributed by atoms with van der Waals surface area (Å²) in [5.41, 5.74) is 1.23. The summed E-state index contributed by atoms with van der Waals surface area (Å²) in [6, 6.07) is 3.99. The molecule has 19 heavy (non-hydrogen) atoms. The summed E-state index contributed by atoms with van der Waals surface area (Å²) >= 11 is 0. The van der Waals surface area contributed by atoms with Crippen LogP contribution >= 0.6 is 0 Å². The van der Waals surface area contributed by atoms with Crippen molar-refractivity contribution in [1.29, 1.82) is 0 Å². The van der Waals surface area contributed by atoms with Crippen molar-refractivity contribution in [1.82, 2.24) is 9.88 Å². The average Bonchev–Trinajstić information content (AvgIpc) is 2.38. The summed E-state index contributed by atoms with van der Waals surface area (Å²) in [5, 5.41) is 0. The Labute approximate surface area is 111 Å². The number of pyridine rings is 1. The highest BCUT2D eigenvalue weighted by Crippen LogP contribution is 2.28. The van der Waals surface area contributed by atoms with Gasteiger partial charge in [0, 0.05) is 31.4 Å². The topological polar surface area (TPSA) is 51.7 Å². The van der Waals surface area contributed by atoms with Gasteiger partial charge in [-0.25, -0.2) is 0 Å². The van der Waals surface area contributed by atoms with Gasteiger partial charge in [-0.3, -0.25) is 9.78 Å². The predicted octanol–water partition coefficient (Wildman–Crippen LogP) is 1.29. The maximum absolute atomic E-state index is 12.2. The maximum Gasteiger partial charge on any atom is 0.292 e. The molecule has 100 valence electrons. The first kappa shape index (κ1) is 12.0. The highest BCUT2D eigenvalue weighted by atomic mass is 16.6. The van der Waals surface area contributed by atoms with Crippen molar-refractivity contribution < 1.29 is 14.3 Å². The van der Waals surface area contributed by atoms with E-state index in [1.165, 1.54) is 5.56 Å². The van der Waals surface area contributed by atoms with Crippen LogP contribution in [0.25, 0.3) is 0 Å². The van der Waals surface area contributed by atoms with Crippen LogP contribution in [0.2, 0.25) is 0 Å². The number of rotatable bonds is 2. The van der Waals surface area contributed by atoms with Gasteiger partial charge in [-0.2, -0.15) is 0 Å². The van der Waals surface area contributed by atoms with Gasteiger partial charge in [0.1, 0.15) is 19.0 Å². The Morgan fingerprint density at radius 1 is 1.26 bits per heavy atom. The minimum absolute atomic E-state index is 0.0671. The second-order valence-corrected chi connectivity index (χ2v) is 4.77. The summed E-state index contributed by atoms with van der Waals surface area (Å²) in [6.07, 6.45) is 3.56. The molecule has 0 N–H and O–H groups in total. The van der Waals surface area contributed by atoms with Crippen molar-refractivity contribution in [3.63, 3.8) is 0 Å². The van der Waals surface area contributed by atoms with Gasteiger partial charge in [0.2, 0.25) is 5.76 Å². The van der Waals surface area contributed by atoms with E-state index < -0.39 is 0 Å². The summed E-state index contributed by atoms with van der Waals surface area (Å²) in [4.78, 5) is 18.0. The molecule has 0 bridgehead atoms. The van der Waals surface area contributed by atoms with Gasteiger partial charge in [0.05, 0.1) is 0 Å². The molecule has 1 amide bonds. The zero-order valence-corrected chi connectivity index (χ0v) is 10.8. The van der Waals surface area contributed by atoms with Gasteiger partial charge >= 0.3 is 0 Å². The Morgan fingerprint density at radius 3 is 2.63 bits per heavy atom. The van der Waals surface area contributed by atoms with E-state index in [-0.39, 0.29) is 5.91 Å². The van der Waals surface area contributed by atoms with Crippen LogP contribution in [0.5, 0.6) is 0 Å². The van der Waals surface area contributed by atoms with Crippen molar-refractivity contribution in [2.45, 2.75) is 12.8 Å². The first-order valence-electron chi connectivity index (χ1n) is 6.41. The van der Waals surface area contributed by atoms with Crippen molar-refractivity contribution >= 4 is 5.91 Å². The second kappa shape index (κ2) is 4.91. The smallest absolute Gasteiger partial charge is 0.292 e. The summed E-state index contributed by atoms with van der Waals surface area (Å²) < 4.78 is 10.7. The van der Waals surface area contributed by atoms with Crippen LogP contribution < -0.4 is 0 Å². The van der Waals surface area contributed by atoms with Crippen molar-refractivity contribution in [3.05, 3.63) is 41.6 Å². The Bertz CT molecular complexity index is 507. The zero-order valence-electron chi connectivity index (χ0n) is 10.8. The van der Waals surface area contributed by atoms with E-state index in [2.05, 4.69) is 4.98 Å². The van der Waals surface area contributed by atoms with Crippen LogP contribution in [0, 0.1) is 0 Å². The molecule has 5 heteroatoms. The number of carbonyl (C=O) groups is 1. The van der Waals surface area contributed by atoms with E-state index in [9.17, 15) is 4.79 Å². The van der Waals surface area contributed by atoms with Crippen LogP contribution in [0.1, 0.15) is 18.4 Å². The molecule has 3 rings (SSSR count).